The molecule has 2 aromatic rings. The summed E-state index contributed by atoms with van der Waals surface area (Å²) >= 11 is 0. The van der Waals surface area contributed by atoms with Gasteiger partial charge in [-0.2, -0.15) is 0 Å². The van der Waals surface area contributed by atoms with Gasteiger partial charge in [-0.25, -0.2) is 4.98 Å². The molecule has 6 heteroatoms. The Hall–Kier alpha value is -2.34. The molecule has 1 unspecified atom stereocenters. The van der Waals surface area contributed by atoms with Crippen LogP contribution in [0.1, 0.15) is 23.2 Å². The maximum Gasteiger partial charge on any atom is 0.257 e. The Morgan fingerprint density at radius 3 is 3.00 bits per heavy atom. The van der Waals surface area contributed by atoms with E-state index in [0.29, 0.717) is 24.0 Å². The minimum absolute atomic E-state index is 0.0552. The summed E-state index contributed by atoms with van der Waals surface area (Å²) in [5.74, 6) is 1.23. The highest BCUT2D eigenvalue weighted by Crippen LogP contribution is 2.39. The van der Waals surface area contributed by atoms with Gasteiger partial charge < -0.3 is 14.1 Å². The summed E-state index contributed by atoms with van der Waals surface area (Å²) in [5, 5.41) is 0. The molecule has 132 valence electrons. The summed E-state index contributed by atoms with van der Waals surface area (Å²) < 4.78 is 10.9. The van der Waals surface area contributed by atoms with Gasteiger partial charge in [-0.3, -0.25) is 9.69 Å². The van der Waals surface area contributed by atoms with Crippen molar-refractivity contribution < 1.29 is 13.9 Å². The Labute approximate surface area is 147 Å². The largest absolute Gasteiger partial charge is 0.477 e. The molecule has 25 heavy (non-hydrogen) atoms. The second-order valence-corrected chi connectivity index (χ2v) is 7.16. The predicted octanol–water partition coefficient (Wildman–Crippen LogP) is 2.29. The summed E-state index contributed by atoms with van der Waals surface area (Å²) in [6.45, 7) is 3.26. The first-order valence-corrected chi connectivity index (χ1v) is 8.73. The van der Waals surface area contributed by atoms with Crippen LogP contribution in [-0.2, 0) is 0 Å². The number of ether oxygens (including phenoxy) is 1. The van der Waals surface area contributed by atoms with E-state index < -0.39 is 0 Å². The number of piperidine rings is 1. The molecule has 2 aromatic heterocycles. The van der Waals surface area contributed by atoms with Gasteiger partial charge in [-0.05, 0) is 44.5 Å². The maximum absolute atomic E-state index is 12.4. The number of carbonyl (C=O) groups is 1. The second-order valence-electron chi connectivity index (χ2n) is 7.16. The molecule has 0 bridgehead atoms. The number of hydrogen-bond acceptors (Lipinski definition) is 5. The number of amides is 1. The molecule has 2 aliphatic heterocycles. The Morgan fingerprint density at radius 1 is 1.40 bits per heavy atom. The van der Waals surface area contributed by atoms with E-state index in [9.17, 15) is 4.79 Å². The van der Waals surface area contributed by atoms with Crippen molar-refractivity contribution >= 4 is 5.91 Å². The number of furan rings is 1. The molecule has 2 fully saturated rings. The summed E-state index contributed by atoms with van der Waals surface area (Å²) in [6.07, 6.45) is 6.96. The first-order valence-electron chi connectivity index (χ1n) is 8.73. The highest BCUT2D eigenvalue weighted by Gasteiger charge is 2.51. The monoisotopic (exact) mass is 341 g/mol. The van der Waals surface area contributed by atoms with E-state index >= 15 is 0 Å². The lowest BCUT2D eigenvalue weighted by molar-refractivity contribution is -0.0695. The Balaban J connectivity index is 1.35. The lowest BCUT2D eigenvalue weighted by Gasteiger charge is -2.58. The number of pyridine rings is 1. The second kappa shape index (κ2) is 6.52. The van der Waals surface area contributed by atoms with E-state index in [1.807, 2.05) is 23.1 Å². The van der Waals surface area contributed by atoms with Crippen LogP contribution in [0.5, 0.6) is 5.88 Å². The van der Waals surface area contributed by atoms with Gasteiger partial charge in [0.05, 0.1) is 24.0 Å². The molecule has 2 saturated heterocycles. The summed E-state index contributed by atoms with van der Waals surface area (Å²) in [7, 11) is 2.16. The molecule has 2 aliphatic rings. The molecule has 1 atom stereocenters. The van der Waals surface area contributed by atoms with E-state index in [1.165, 1.54) is 6.26 Å². The molecular formula is C19H23N3O3. The van der Waals surface area contributed by atoms with E-state index in [2.05, 4.69) is 16.9 Å². The minimum atomic E-state index is 0.0552. The Morgan fingerprint density at radius 2 is 2.28 bits per heavy atom. The number of likely N-dealkylation sites (N-methyl/N-ethyl adjacent to an activating group) is 1. The first kappa shape index (κ1) is 16.1. The van der Waals surface area contributed by atoms with Gasteiger partial charge in [0.2, 0.25) is 5.88 Å². The number of nitrogens with zero attached hydrogens (tertiary/aromatic N) is 3. The van der Waals surface area contributed by atoms with Crippen molar-refractivity contribution in [2.45, 2.75) is 18.4 Å². The number of carbonyl (C=O) groups excluding carboxylic acids is 1. The van der Waals surface area contributed by atoms with Gasteiger partial charge in [0.15, 0.2) is 0 Å². The van der Waals surface area contributed by atoms with Crippen molar-refractivity contribution in [3.63, 3.8) is 0 Å². The van der Waals surface area contributed by atoms with Crippen LogP contribution in [0.25, 0.3) is 0 Å². The SMILES string of the molecule is CN1CCC(COc2ccccn2)CC12CN(C(=O)c1ccoc1)C2. The predicted molar refractivity (Wildman–Crippen MR) is 92.4 cm³/mol. The number of hydrogen-bond donors (Lipinski definition) is 0. The fourth-order valence-corrected chi connectivity index (χ4v) is 3.93. The lowest BCUT2D eigenvalue weighted by atomic mass is 9.75. The average Bonchev–Trinajstić information content (AvgIpc) is 3.14. The normalized spacial score (nSPS) is 22.6. The molecule has 0 radical (unpaired) electrons. The number of likely N-dealkylation sites (tertiary alicyclic amines) is 2. The molecule has 0 aromatic carbocycles. The van der Waals surface area contributed by atoms with E-state index in [0.717, 1.165) is 32.5 Å². The van der Waals surface area contributed by atoms with Crippen molar-refractivity contribution in [1.82, 2.24) is 14.8 Å². The molecule has 4 rings (SSSR count). The highest BCUT2D eigenvalue weighted by molar-refractivity contribution is 5.94. The van der Waals surface area contributed by atoms with Crippen molar-refractivity contribution in [2.75, 3.05) is 33.3 Å². The fraction of sp³-hybridized carbons (Fsp3) is 0.474. The molecule has 0 aliphatic carbocycles. The van der Waals surface area contributed by atoms with Gasteiger partial charge in [0.1, 0.15) is 6.26 Å². The third-order valence-corrected chi connectivity index (χ3v) is 5.48. The fourth-order valence-electron chi connectivity index (χ4n) is 3.93. The minimum Gasteiger partial charge on any atom is -0.477 e. The quantitative estimate of drug-likeness (QED) is 0.854. The highest BCUT2D eigenvalue weighted by atomic mass is 16.5. The van der Waals surface area contributed by atoms with Gasteiger partial charge in [0.25, 0.3) is 5.91 Å². The molecule has 0 N–H and O–H groups in total. The van der Waals surface area contributed by atoms with Gasteiger partial charge >= 0.3 is 0 Å². The van der Waals surface area contributed by atoms with Crippen LogP contribution < -0.4 is 4.74 Å². The molecule has 1 amide bonds. The average molecular weight is 341 g/mol. The third kappa shape index (κ3) is 3.14. The summed E-state index contributed by atoms with van der Waals surface area (Å²) in [5.41, 5.74) is 0.707. The number of aromatic nitrogens is 1. The van der Waals surface area contributed by atoms with E-state index in [1.54, 1.807) is 18.5 Å². The molecule has 0 saturated carbocycles. The van der Waals surface area contributed by atoms with Gasteiger partial charge in [0, 0.05) is 25.4 Å². The molecule has 1 spiro atoms. The van der Waals surface area contributed by atoms with Crippen LogP contribution in [0.3, 0.4) is 0 Å². The Kier molecular flexibility index (Phi) is 4.21. The summed E-state index contributed by atoms with van der Waals surface area (Å²) in [4.78, 5) is 21.0. The smallest absolute Gasteiger partial charge is 0.257 e. The van der Waals surface area contributed by atoms with Crippen molar-refractivity contribution in [1.29, 1.82) is 0 Å². The first-order chi connectivity index (χ1) is 12.2. The van der Waals surface area contributed by atoms with Crippen molar-refractivity contribution in [2.24, 2.45) is 5.92 Å². The number of rotatable bonds is 4. The van der Waals surface area contributed by atoms with Crippen LogP contribution in [0.2, 0.25) is 0 Å². The van der Waals surface area contributed by atoms with Crippen molar-refractivity contribution in [3.05, 3.63) is 48.6 Å². The molecule has 6 nitrogen and oxygen atoms in total. The standard InChI is InChI=1S/C19H23N3O3/c1-21-8-5-15(11-25-17-4-2-3-7-20-17)10-19(21)13-22(14-19)18(23)16-6-9-24-12-16/h2-4,6-7,9,12,15H,5,8,10-11,13-14H2,1H3. The topological polar surface area (TPSA) is 58.8 Å². The van der Waals surface area contributed by atoms with E-state index in [4.69, 9.17) is 9.15 Å². The van der Waals surface area contributed by atoms with Gasteiger partial charge in [-0.15, -0.1) is 0 Å². The van der Waals surface area contributed by atoms with Crippen LogP contribution >= 0.6 is 0 Å². The zero-order chi connectivity index (χ0) is 17.3. The van der Waals surface area contributed by atoms with Crippen LogP contribution in [-0.4, -0.2) is 59.5 Å². The van der Waals surface area contributed by atoms with Crippen LogP contribution in [0.4, 0.5) is 0 Å². The van der Waals surface area contributed by atoms with Gasteiger partial charge in [-0.1, -0.05) is 6.07 Å². The van der Waals surface area contributed by atoms with Crippen LogP contribution in [0, 0.1) is 5.92 Å². The summed E-state index contributed by atoms with van der Waals surface area (Å²) in [6, 6.07) is 7.43. The van der Waals surface area contributed by atoms with Crippen molar-refractivity contribution in [3.8, 4) is 5.88 Å². The Bertz CT molecular complexity index is 711. The van der Waals surface area contributed by atoms with Crippen LogP contribution in [0.15, 0.2) is 47.4 Å². The molecular weight excluding hydrogens is 318 g/mol. The third-order valence-electron chi connectivity index (χ3n) is 5.48. The lowest BCUT2D eigenvalue weighted by Crippen LogP contribution is -2.72. The maximum atomic E-state index is 12.4. The molecule has 4 heterocycles. The van der Waals surface area contributed by atoms with E-state index in [-0.39, 0.29) is 11.4 Å². The zero-order valence-corrected chi connectivity index (χ0v) is 14.4. The zero-order valence-electron chi connectivity index (χ0n) is 14.4.